The predicted molar refractivity (Wildman–Crippen MR) is 69.2 cm³/mol. The van der Waals surface area contributed by atoms with Gasteiger partial charge in [-0.05, 0) is 30.9 Å². The molecular weight excluding hydrogens is 346 g/mol. The Morgan fingerprint density at radius 3 is 2.64 bits per heavy atom. The van der Waals surface area contributed by atoms with Gasteiger partial charge in [-0.1, -0.05) is 23.6 Å². The molecule has 1 heterocycles. The molecule has 0 aromatic heterocycles. The normalized spacial score (nSPS) is 23.2. The fourth-order valence-corrected chi connectivity index (χ4v) is 2.17. The summed E-state index contributed by atoms with van der Waals surface area (Å²) in [5, 5.41) is 3.54. The first-order valence-electron chi connectivity index (χ1n) is 6.16. The number of carbonyl (C=O) groups excluding carboxylic acids is 1. The summed E-state index contributed by atoms with van der Waals surface area (Å²) in [7, 11) is 0. The zero-order valence-electron chi connectivity index (χ0n) is 11.5. The monoisotopic (exact) mass is 353 g/mol. The van der Waals surface area contributed by atoms with E-state index in [-0.39, 0.29) is 73.6 Å². The van der Waals surface area contributed by atoms with Crippen molar-refractivity contribution in [2.24, 2.45) is 5.92 Å². The van der Waals surface area contributed by atoms with E-state index in [1.807, 2.05) is 0 Å². The molecule has 1 aliphatic heterocycles. The molecule has 110 valence electrons. The maximum Gasteiger partial charge on any atom is 1.00 e. The van der Waals surface area contributed by atoms with Crippen molar-refractivity contribution in [3.8, 4) is 11.8 Å². The van der Waals surface area contributed by atoms with E-state index in [2.05, 4.69) is 21.9 Å². The zero-order valence-corrected chi connectivity index (χ0v) is 15.4. The van der Waals surface area contributed by atoms with Gasteiger partial charge in [-0.2, -0.15) is 13.2 Å². The van der Waals surface area contributed by atoms with E-state index in [0.29, 0.717) is 0 Å². The number of carbonyl (C=O) groups is 1. The van der Waals surface area contributed by atoms with Crippen LogP contribution >= 0.6 is 11.6 Å². The van der Waals surface area contributed by atoms with Crippen LogP contribution in [0.1, 0.15) is 18.4 Å². The average molecular weight is 354 g/mol. The van der Waals surface area contributed by atoms with Crippen LogP contribution in [0, 0.1) is 17.8 Å². The van der Waals surface area contributed by atoms with Gasteiger partial charge in [0.1, 0.15) is 0 Å². The number of amides is 1. The molecule has 2 aliphatic rings. The molecule has 0 unspecified atom stereocenters. The summed E-state index contributed by atoms with van der Waals surface area (Å²) in [4.78, 5) is 11.4. The van der Waals surface area contributed by atoms with Crippen LogP contribution in [0.2, 0.25) is 5.02 Å². The molecular formula is C14H8ClF3KNO2. The predicted octanol–water partition coefficient (Wildman–Crippen LogP) is 1.67. The molecule has 3 rings (SSSR count). The Morgan fingerprint density at radius 2 is 2.05 bits per heavy atom. The number of benzene rings is 1. The summed E-state index contributed by atoms with van der Waals surface area (Å²) >= 11 is 5.77. The maximum atomic E-state index is 13.6. The van der Waals surface area contributed by atoms with Crippen molar-refractivity contribution in [3.05, 3.63) is 34.1 Å². The summed E-state index contributed by atoms with van der Waals surface area (Å²) in [5.41, 5.74) is -3.48. The Kier molecular flexibility index (Phi) is 5.22. The van der Waals surface area contributed by atoms with Crippen LogP contribution < -0.4 is 51.4 Å². The third-order valence-electron chi connectivity index (χ3n) is 3.22. The van der Waals surface area contributed by atoms with Gasteiger partial charge in [0, 0.05) is 16.5 Å². The van der Waals surface area contributed by atoms with E-state index in [1.54, 1.807) is 0 Å². The first kappa shape index (κ1) is 18.1. The zero-order chi connectivity index (χ0) is 15.3. The van der Waals surface area contributed by atoms with Crippen molar-refractivity contribution in [2.45, 2.75) is 24.6 Å². The van der Waals surface area contributed by atoms with Crippen LogP contribution in [0.3, 0.4) is 0 Å². The van der Waals surface area contributed by atoms with Gasteiger partial charge in [0.05, 0.1) is 0 Å². The summed E-state index contributed by atoms with van der Waals surface area (Å²) in [6.07, 6.45) is -4.70. The Labute approximate surface area is 172 Å². The van der Waals surface area contributed by atoms with Crippen molar-refractivity contribution in [3.63, 3.8) is 0 Å². The molecule has 22 heavy (non-hydrogen) atoms. The number of halogens is 4. The van der Waals surface area contributed by atoms with Crippen LogP contribution in [0.25, 0.3) is 5.32 Å². The minimum atomic E-state index is -4.89. The molecule has 0 spiro atoms. The van der Waals surface area contributed by atoms with Crippen LogP contribution in [0.5, 0.6) is 0 Å². The maximum absolute atomic E-state index is 13.6. The van der Waals surface area contributed by atoms with E-state index in [9.17, 15) is 18.0 Å². The third kappa shape index (κ3) is 3.32. The first-order valence-corrected chi connectivity index (χ1v) is 6.54. The number of cyclic esters (lactones) is 1. The molecule has 1 amide bonds. The quantitative estimate of drug-likeness (QED) is 0.526. The minimum absolute atomic E-state index is 0. The number of hydrogen-bond donors (Lipinski definition) is 0. The summed E-state index contributed by atoms with van der Waals surface area (Å²) in [6, 6.07) is 3.69. The second-order valence-corrected chi connectivity index (χ2v) is 5.30. The van der Waals surface area contributed by atoms with E-state index in [0.717, 1.165) is 18.9 Å². The standard InChI is InChI=1S/C14H9ClF3NO2.K/c15-9-3-4-11-10(7-9)13(14(16,17)18,21-12(20)19-11)6-5-8-1-2-8;/h3-4,7-8H,1-2H2,(H,19,20);/q;+1/p-1/t13-;/m0./s1. The fraction of sp³-hybridized carbons (Fsp3) is 0.357. The summed E-state index contributed by atoms with van der Waals surface area (Å²) in [6.45, 7) is 0. The Hall–Kier alpha value is -0.234. The average Bonchev–Trinajstić information content (AvgIpc) is 3.19. The van der Waals surface area contributed by atoms with Crippen molar-refractivity contribution >= 4 is 23.4 Å². The largest absolute Gasteiger partial charge is 1.00 e. The van der Waals surface area contributed by atoms with Crippen molar-refractivity contribution < 1.29 is 74.1 Å². The smallest absolute Gasteiger partial charge is 0.590 e. The molecule has 1 aromatic carbocycles. The molecule has 1 aromatic rings. The van der Waals surface area contributed by atoms with E-state index in [4.69, 9.17) is 11.6 Å². The Bertz CT molecular complexity index is 679. The summed E-state index contributed by atoms with van der Waals surface area (Å²) < 4.78 is 45.3. The van der Waals surface area contributed by atoms with Gasteiger partial charge < -0.3 is 10.1 Å². The minimum Gasteiger partial charge on any atom is -0.590 e. The molecule has 0 radical (unpaired) electrons. The Morgan fingerprint density at radius 1 is 1.36 bits per heavy atom. The van der Waals surface area contributed by atoms with Gasteiger partial charge in [-0.25, -0.2) is 0 Å². The van der Waals surface area contributed by atoms with Gasteiger partial charge in [0.15, 0.2) is 0 Å². The molecule has 1 fully saturated rings. The van der Waals surface area contributed by atoms with Gasteiger partial charge in [-0.15, -0.1) is 5.69 Å². The SMILES string of the molecule is O=C1[N-]c2ccc(Cl)cc2[C@@](C#CC2CC2)(C(F)(F)F)O1.[K+]. The number of nitrogens with zero attached hydrogens (tertiary/aromatic N) is 1. The molecule has 8 heteroatoms. The number of fused-ring (bicyclic) bond motifs is 1. The van der Waals surface area contributed by atoms with Crippen LogP contribution in [-0.2, 0) is 10.3 Å². The number of ether oxygens (including phenoxy) is 1. The van der Waals surface area contributed by atoms with Gasteiger partial charge in [-0.3, -0.25) is 4.79 Å². The van der Waals surface area contributed by atoms with Gasteiger partial charge >= 0.3 is 57.6 Å². The van der Waals surface area contributed by atoms with Crippen LogP contribution in [-0.4, -0.2) is 12.3 Å². The topological polar surface area (TPSA) is 40.4 Å². The molecule has 1 saturated carbocycles. The number of rotatable bonds is 0. The fourth-order valence-electron chi connectivity index (χ4n) is 2.00. The molecule has 1 aliphatic carbocycles. The summed E-state index contributed by atoms with van der Waals surface area (Å²) in [5.74, 6) is 4.56. The second kappa shape index (κ2) is 6.34. The molecule has 3 nitrogen and oxygen atoms in total. The Balaban J connectivity index is 0.00000176. The van der Waals surface area contributed by atoms with Crippen molar-refractivity contribution in [2.75, 3.05) is 0 Å². The van der Waals surface area contributed by atoms with Crippen molar-refractivity contribution in [1.82, 2.24) is 0 Å². The molecule has 0 saturated heterocycles. The second-order valence-electron chi connectivity index (χ2n) is 4.86. The molecule has 1 atom stereocenters. The molecule has 0 N–H and O–H groups in total. The van der Waals surface area contributed by atoms with Crippen LogP contribution in [0.4, 0.5) is 23.7 Å². The number of alkyl halides is 3. The van der Waals surface area contributed by atoms with Crippen molar-refractivity contribution in [1.29, 1.82) is 0 Å². The first-order chi connectivity index (χ1) is 9.82. The van der Waals surface area contributed by atoms with E-state index < -0.39 is 17.9 Å². The van der Waals surface area contributed by atoms with Gasteiger partial charge in [0.25, 0.3) is 5.60 Å². The number of hydrogen-bond acceptors (Lipinski definition) is 2. The van der Waals surface area contributed by atoms with Gasteiger partial charge in [0.2, 0.25) is 6.09 Å². The molecule has 0 bridgehead atoms. The third-order valence-corrected chi connectivity index (χ3v) is 3.45. The van der Waals surface area contributed by atoms with Crippen LogP contribution in [0.15, 0.2) is 18.2 Å². The van der Waals surface area contributed by atoms with E-state index >= 15 is 0 Å². The van der Waals surface area contributed by atoms with E-state index in [1.165, 1.54) is 12.1 Å².